The highest BCUT2D eigenvalue weighted by molar-refractivity contribution is 7.86. The standard InChI is InChI=1S/C23H34O8S2/c1-14(24)18-7-8-19-17-6-5-15-11-16(25)9-10-23(15,13-30-32(3,26)27)21(17)20(12-22(18,19)2)31-33(4,28)29/h11,17-21H,5-10,12-13H2,1-4H3/t17-,18+,19-,20+,21+,22+,23+/m0/s1. The lowest BCUT2D eigenvalue weighted by molar-refractivity contribution is -0.144. The molecule has 4 rings (SSSR count). The molecular weight excluding hydrogens is 468 g/mol. The van der Waals surface area contributed by atoms with E-state index in [0.717, 1.165) is 37.3 Å². The van der Waals surface area contributed by atoms with E-state index in [-0.39, 0.29) is 53.7 Å². The lowest BCUT2D eigenvalue weighted by Gasteiger charge is -2.60. The fourth-order valence-electron chi connectivity index (χ4n) is 7.89. The quantitative estimate of drug-likeness (QED) is 0.508. The third kappa shape index (κ3) is 4.48. The third-order valence-electron chi connectivity index (χ3n) is 8.93. The van der Waals surface area contributed by atoms with Crippen molar-refractivity contribution < 1.29 is 34.8 Å². The van der Waals surface area contributed by atoms with Gasteiger partial charge in [-0.3, -0.25) is 18.0 Å². The second-order valence-corrected chi connectivity index (χ2v) is 14.1. The van der Waals surface area contributed by atoms with Crippen molar-refractivity contribution in [2.24, 2.45) is 34.5 Å². The van der Waals surface area contributed by atoms with Crippen molar-refractivity contribution in [3.05, 3.63) is 11.6 Å². The highest BCUT2D eigenvalue weighted by Crippen LogP contribution is 2.67. The summed E-state index contributed by atoms with van der Waals surface area (Å²) < 4.78 is 59.7. The molecule has 3 saturated carbocycles. The molecule has 33 heavy (non-hydrogen) atoms. The van der Waals surface area contributed by atoms with E-state index in [2.05, 4.69) is 6.92 Å². The fraction of sp³-hybridized carbons (Fsp3) is 0.826. The maximum atomic E-state index is 12.5. The number of hydrogen-bond acceptors (Lipinski definition) is 8. The second-order valence-electron chi connectivity index (χ2n) is 10.9. The molecule has 0 saturated heterocycles. The Morgan fingerprint density at radius 1 is 1.09 bits per heavy atom. The first kappa shape index (κ1) is 25.0. The Hall–Kier alpha value is -1.10. The van der Waals surface area contributed by atoms with Crippen LogP contribution in [0, 0.1) is 34.5 Å². The predicted octanol–water partition coefficient (Wildman–Crippen LogP) is 2.63. The molecule has 3 fully saturated rings. The minimum absolute atomic E-state index is 0.00262. The van der Waals surface area contributed by atoms with E-state index in [9.17, 15) is 26.4 Å². The van der Waals surface area contributed by atoms with Crippen LogP contribution in [-0.2, 0) is 38.2 Å². The predicted molar refractivity (Wildman–Crippen MR) is 121 cm³/mol. The van der Waals surface area contributed by atoms with Gasteiger partial charge in [0.1, 0.15) is 5.78 Å². The molecule has 0 amide bonds. The van der Waals surface area contributed by atoms with E-state index in [0.29, 0.717) is 19.3 Å². The zero-order valence-electron chi connectivity index (χ0n) is 19.7. The van der Waals surface area contributed by atoms with Gasteiger partial charge in [-0.15, -0.1) is 0 Å². The van der Waals surface area contributed by atoms with E-state index >= 15 is 0 Å². The van der Waals surface area contributed by atoms with Crippen LogP contribution in [0.2, 0.25) is 0 Å². The van der Waals surface area contributed by atoms with Gasteiger partial charge < -0.3 is 0 Å². The second kappa shape index (κ2) is 8.24. The minimum atomic E-state index is -3.82. The fourth-order valence-corrected chi connectivity index (χ4v) is 8.96. The smallest absolute Gasteiger partial charge is 0.264 e. The monoisotopic (exact) mass is 502 g/mol. The Bertz CT molecular complexity index is 1090. The molecule has 186 valence electrons. The van der Waals surface area contributed by atoms with Gasteiger partial charge in [0.2, 0.25) is 0 Å². The van der Waals surface area contributed by atoms with Gasteiger partial charge in [0.15, 0.2) is 5.78 Å². The molecule has 4 aliphatic rings. The molecule has 7 atom stereocenters. The molecule has 10 heteroatoms. The number of hydrogen-bond donors (Lipinski definition) is 0. The summed E-state index contributed by atoms with van der Waals surface area (Å²) in [6.07, 6.45) is 6.99. The Balaban J connectivity index is 1.84. The summed E-state index contributed by atoms with van der Waals surface area (Å²) in [4.78, 5) is 24.8. The molecule has 0 aromatic heterocycles. The molecule has 4 aliphatic carbocycles. The molecule has 0 N–H and O–H groups in total. The van der Waals surface area contributed by atoms with Crippen LogP contribution in [0.4, 0.5) is 0 Å². The van der Waals surface area contributed by atoms with Crippen molar-refractivity contribution in [2.45, 2.75) is 64.9 Å². The lowest BCUT2D eigenvalue weighted by atomic mass is 9.45. The molecule has 0 unspecified atom stereocenters. The van der Waals surface area contributed by atoms with Gasteiger partial charge in [-0.05, 0) is 68.8 Å². The summed E-state index contributed by atoms with van der Waals surface area (Å²) in [5, 5.41) is 0. The number of Topliss-reactive ketones (excluding diaryl/α,β-unsaturated/α-hetero) is 1. The van der Waals surface area contributed by atoms with Crippen LogP contribution in [0.1, 0.15) is 58.8 Å². The van der Waals surface area contributed by atoms with Crippen LogP contribution in [0.15, 0.2) is 11.6 Å². The first-order valence-electron chi connectivity index (χ1n) is 11.6. The normalized spacial score (nSPS) is 41.0. The van der Waals surface area contributed by atoms with Crippen molar-refractivity contribution in [3.8, 4) is 0 Å². The van der Waals surface area contributed by atoms with Gasteiger partial charge in [0.05, 0.1) is 25.2 Å². The van der Waals surface area contributed by atoms with Crippen molar-refractivity contribution in [2.75, 3.05) is 19.1 Å². The Morgan fingerprint density at radius 2 is 1.79 bits per heavy atom. The zero-order valence-corrected chi connectivity index (χ0v) is 21.3. The van der Waals surface area contributed by atoms with E-state index < -0.39 is 31.8 Å². The number of carbonyl (C=O) groups excluding carboxylic acids is 2. The summed E-state index contributed by atoms with van der Waals surface area (Å²) in [5.41, 5.74) is -0.326. The first-order valence-corrected chi connectivity index (χ1v) is 15.3. The summed E-state index contributed by atoms with van der Waals surface area (Å²) in [5.74, 6) is -0.102. The van der Waals surface area contributed by atoms with E-state index in [4.69, 9.17) is 8.37 Å². The highest BCUT2D eigenvalue weighted by atomic mass is 32.2. The van der Waals surface area contributed by atoms with Crippen molar-refractivity contribution in [3.63, 3.8) is 0 Å². The number of carbonyl (C=O) groups is 2. The largest absolute Gasteiger partial charge is 0.300 e. The van der Waals surface area contributed by atoms with E-state index in [1.807, 2.05) is 0 Å². The summed E-state index contributed by atoms with van der Waals surface area (Å²) in [6, 6.07) is 0. The average molecular weight is 503 g/mol. The minimum Gasteiger partial charge on any atom is -0.300 e. The van der Waals surface area contributed by atoms with Crippen molar-refractivity contribution >= 4 is 31.8 Å². The van der Waals surface area contributed by atoms with E-state index in [1.54, 1.807) is 13.0 Å². The molecule has 0 spiro atoms. The molecule has 0 radical (unpaired) electrons. The van der Waals surface area contributed by atoms with Crippen LogP contribution in [0.25, 0.3) is 0 Å². The molecule has 0 heterocycles. The Kier molecular flexibility index (Phi) is 6.24. The van der Waals surface area contributed by atoms with Crippen LogP contribution in [0.5, 0.6) is 0 Å². The molecule has 8 nitrogen and oxygen atoms in total. The van der Waals surface area contributed by atoms with Crippen molar-refractivity contribution in [1.82, 2.24) is 0 Å². The summed E-state index contributed by atoms with van der Waals surface area (Å²) in [6.45, 7) is 3.56. The summed E-state index contributed by atoms with van der Waals surface area (Å²) >= 11 is 0. The molecule has 0 bridgehead atoms. The van der Waals surface area contributed by atoms with Gasteiger partial charge in [-0.1, -0.05) is 12.5 Å². The Labute approximate surface area is 196 Å². The molecule has 0 aromatic carbocycles. The number of ketones is 2. The van der Waals surface area contributed by atoms with Crippen LogP contribution in [-0.4, -0.2) is 53.6 Å². The summed E-state index contributed by atoms with van der Waals surface area (Å²) in [7, 11) is -7.57. The molecular formula is C23H34O8S2. The van der Waals surface area contributed by atoms with Crippen molar-refractivity contribution in [1.29, 1.82) is 0 Å². The third-order valence-corrected chi connectivity index (χ3v) is 10.1. The van der Waals surface area contributed by atoms with Gasteiger partial charge in [0.25, 0.3) is 20.2 Å². The average Bonchev–Trinajstić information content (AvgIpc) is 3.01. The van der Waals surface area contributed by atoms with Crippen LogP contribution in [0.3, 0.4) is 0 Å². The SMILES string of the molecule is CC(=O)[C@H]1CC[C@H]2[C@@H]3CCC4=CC(=O)CC[C@]4(COS(C)(=O)=O)[C@H]3[C@H](OS(C)(=O)=O)C[C@]12C. The maximum absolute atomic E-state index is 12.5. The van der Waals surface area contributed by atoms with Gasteiger partial charge in [0, 0.05) is 23.7 Å². The van der Waals surface area contributed by atoms with E-state index in [1.165, 1.54) is 0 Å². The highest BCUT2D eigenvalue weighted by Gasteiger charge is 2.65. The maximum Gasteiger partial charge on any atom is 0.264 e. The van der Waals surface area contributed by atoms with Gasteiger partial charge in [-0.2, -0.15) is 16.8 Å². The molecule has 0 aromatic rings. The van der Waals surface area contributed by atoms with Crippen LogP contribution < -0.4 is 0 Å². The number of fused-ring (bicyclic) bond motifs is 5. The van der Waals surface area contributed by atoms with Gasteiger partial charge in [-0.25, -0.2) is 0 Å². The Morgan fingerprint density at radius 3 is 2.39 bits per heavy atom. The number of rotatable bonds is 6. The van der Waals surface area contributed by atoms with Gasteiger partial charge >= 0.3 is 0 Å². The topological polar surface area (TPSA) is 121 Å². The lowest BCUT2D eigenvalue weighted by Crippen LogP contribution is -2.60. The van der Waals surface area contributed by atoms with Crippen LogP contribution >= 0.6 is 0 Å². The zero-order chi connectivity index (χ0) is 24.4. The molecule has 0 aliphatic heterocycles. The first-order chi connectivity index (χ1) is 15.2.